The number of amides is 1. The van der Waals surface area contributed by atoms with Gasteiger partial charge in [0, 0.05) is 6.07 Å². The number of carbonyl (C=O) groups excluding carboxylic acids is 1. The smallest absolute Gasteiger partial charge is 0.265 e. The zero-order chi connectivity index (χ0) is 17.1. The van der Waals surface area contributed by atoms with Crippen LogP contribution in [0.2, 0.25) is 15.1 Å². The summed E-state index contributed by atoms with van der Waals surface area (Å²) in [5, 5.41) is 2.70. The molecule has 8 heteroatoms. The Kier molecular flexibility index (Phi) is 5.68. The van der Waals surface area contributed by atoms with Crippen molar-refractivity contribution < 1.29 is 18.3 Å². The van der Waals surface area contributed by atoms with E-state index in [1.54, 1.807) is 0 Å². The van der Waals surface area contributed by atoms with E-state index >= 15 is 0 Å². The Morgan fingerprint density at radius 3 is 2.26 bits per heavy atom. The number of ether oxygens (including phenoxy) is 1. The average molecular weight is 381 g/mol. The Balaban J connectivity index is 2.13. The second kappa shape index (κ2) is 7.34. The molecular formula is C15H10Cl3F2NO2. The molecule has 0 spiro atoms. The van der Waals surface area contributed by atoms with Gasteiger partial charge in [0.2, 0.25) is 0 Å². The predicted molar refractivity (Wildman–Crippen MR) is 86.5 cm³/mol. The Labute approximate surface area is 146 Å². The maximum atomic E-state index is 13.5. The molecule has 0 aliphatic heterocycles. The lowest BCUT2D eigenvalue weighted by molar-refractivity contribution is -0.122. The molecule has 0 aliphatic carbocycles. The van der Waals surface area contributed by atoms with E-state index in [0.717, 1.165) is 12.1 Å². The summed E-state index contributed by atoms with van der Waals surface area (Å²) < 4.78 is 32.4. The summed E-state index contributed by atoms with van der Waals surface area (Å²) in [6, 6.07) is 5.96. The molecule has 0 bridgehead atoms. The van der Waals surface area contributed by atoms with Gasteiger partial charge < -0.3 is 10.1 Å². The molecule has 0 heterocycles. The first kappa shape index (κ1) is 17.8. The first-order valence-electron chi connectivity index (χ1n) is 6.35. The average Bonchev–Trinajstić information content (AvgIpc) is 2.48. The number of hydrogen-bond acceptors (Lipinski definition) is 2. The van der Waals surface area contributed by atoms with Crippen LogP contribution in [0.25, 0.3) is 0 Å². The van der Waals surface area contributed by atoms with Crippen molar-refractivity contribution in [3.63, 3.8) is 0 Å². The zero-order valence-corrected chi connectivity index (χ0v) is 13.9. The van der Waals surface area contributed by atoms with Gasteiger partial charge in [-0.3, -0.25) is 4.79 Å². The van der Waals surface area contributed by atoms with Crippen LogP contribution in [-0.2, 0) is 4.79 Å². The highest BCUT2D eigenvalue weighted by atomic mass is 35.5. The number of hydrogen-bond donors (Lipinski definition) is 1. The van der Waals surface area contributed by atoms with Gasteiger partial charge in [-0.25, -0.2) is 8.78 Å². The summed E-state index contributed by atoms with van der Waals surface area (Å²) in [7, 11) is 0. The minimum atomic E-state index is -1.08. The van der Waals surface area contributed by atoms with Crippen molar-refractivity contribution in [1.29, 1.82) is 0 Å². The molecule has 0 aliphatic rings. The highest BCUT2D eigenvalue weighted by molar-refractivity contribution is 6.43. The Bertz CT molecular complexity index is 735. The molecule has 2 aromatic rings. The maximum Gasteiger partial charge on any atom is 0.265 e. The van der Waals surface area contributed by atoms with Crippen molar-refractivity contribution in [2.75, 3.05) is 5.32 Å². The molecule has 1 amide bonds. The third-order valence-electron chi connectivity index (χ3n) is 2.86. The molecule has 0 aromatic heterocycles. The highest BCUT2D eigenvalue weighted by Crippen LogP contribution is 2.34. The van der Waals surface area contributed by atoms with Crippen molar-refractivity contribution in [3.8, 4) is 5.75 Å². The Morgan fingerprint density at radius 2 is 1.65 bits per heavy atom. The SMILES string of the molecule is CC(Oc1cc(Cl)c(Cl)cc1Cl)C(=O)Nc1c(F)cccc1F. The van der Waals surface area contributed by atoms with E-state index in [9.17, 15) is 13.6 Å². The van der Waals surface area contributed by atoms with Crippen LogP contribution in [0, 0.1) is 11.6 Å². The number of para-hydroxylation sites is 1. The standard InChI is InChI=1S/C15H10Cl3F2NO2/c1-7(23-13-6-9(17)8(16)5-10(13)18)15(22)21-14-11(19)3-2-4-12(14)20/h2-7H,1H3,(H,21,22). The van der Waals surface area contributed by atoms with Gasteiger partial charge in [-0.1, -0.05) is 40.9 Å². The molecule has 2 rings (SSSR count). The van der Waals surface area contributed by atoms with Gasteiger partial charge in [0.1, 0.15) is 23.1 Å². The number of anilines is 1. The fraction of sp³-hybridized carbons (Fsp3) is 0.133. The van der Waals surface area contributed by atoms with Crippen molar-refractivity contribution >= 4 is 46.4 Å². The van der Waals surface area contributed by atoms with Crippen LogP contribution in [0.1, 0.15) is 6.92 Å². The lowest BCUT2D eigenvalue weighted by atomic mass is 10.2. The van der Waals surface area contributed by atoms with Crippen LogP contribution in [0.15, 0.2) is 30.3 Å². The monoisotopic (exact) mass is 379 g/mol. The van der Waals surface area contributed by atoms with Crippen LogP contribution in [-0.4, -0.2) is 12.0 Å². The van der Waals surface area contributed by atoms with Gasteiger partial charge in [0.05, 0.1) is 15.1 Å². The van der Waals surface area contributed by atoms with Gasteiger partial charge in [-0.2, -0.15) is 0 Å². The number of nitrogens with one attached hydrogen (secondary N) is 1. The highest BCUT2D eigenvalue weighted by Gasteiger charge is 2.20. The molecule has 1 N–H and O–H groups in total. The van der Waals surface area contributed by atoms with Crippen molar-refractivity contribution in [2.45, 2.75) is 13.0 Å². The van der Waals surface area contributed by atoms with Crippen LogP contribution < -0.4 is 10.1 Å². The second-order valence-electron chi connectivity index (χ2n) is 4.54. The van der Waals surface area contributed by atoms with Gasteiger partial charge in [-0.15, -0.1) is 0 Å². The Morgan fingerprint density at radius 1 is 1.09 bits per heavy atom. The van der Waals surface area contributed by atoms with E-state index in [0.29, 0.717) is 0 Å². The second-order valence-corrected chi connectivity index (χ2v) is 5.76. The quantitative estimate of drug-likeness (QED) is 0.728. The molecule has 122 valence electrons. The summed E-state index contributed by atoms with van der Waals surface area (Å²) in [6.45, 7) is 1.40. The molecule has 1 atom stereocenters. The van der Waals surface area contributed by atoms with Gasteiger partial charge in [0.25, 0.3) is 5.91 Å². The lowest BCUT2D eigenvalue weighted by Gasteiger charge is -2.16. The molecule has 1 unspecified atom stereocenters. The summed E-state index contributed by atoms with van der Waals surface area (Å²) in [6.07, 6.45) is -1.08. The van der Waals surface area contributed by atoms with Crippen LogP contribution in [0.4, 0.5) is 14.5 Å². The zero-order valence-electron chi connectivity index (χ0n) is 11.7. The summed E-state index contributed by atoms with van der Waals surface area (Å²) in [5.41, 5.74) is -0.548. The van der Waals surface area contributed by atoms with Crippen molar-refractivity contribution in [3.05, 3.63) is 57.0 Å². The molecule has 3 nitrogen and oxygen atoms in total. The summed E-state index contributed by atoms with van der Waals surface area (Å²) in [4.78, 5) is 12.0. The maximum absolute atomic E-state index is 13.5. The van der Waals surface area contributed by atoms with E-state index in [1.807, 2.05) is 0 Å². The van der Waals surface area contributed by atoms with E-state index in [4.69, 9.17) is 39.5 Å². The van der Waals surface area contributed by atoms with E-state index in [1.165, 1.54) is 25.1 Å². The number of carbonyl (C=O) groups is 1. The van der Waals surface area contributed by atoms with Gasteiger partial charge in [-0.05, 0) is 25.1 Å². The molecule has 0 radical (unpaired) electrons. The summed E-state index contributed by atoms with van der Waals surface area (Å²) >= 11 is 17.6. The molecule has 0 fully saturated rings. The first-order chi connectivity index (χ1) is 10.8. The van der Waals surface area contributed by atoms with Gasteiger partial charge in [0.15, 0.2) is 6.10 Å². The number of halogens is 5. The first-order valence-corrected chi connectivity index (χ1v) is 7.49. The molecular weight excluding hydrogens is 371 g/mol. The summed E-state index contributed by atoms with van der Waals surface area (Å²) in [5.74, 6) is -2.41. The van der Waals surface area contributed by atoms with Crippen LogP contribution in [0.5, 0.6) is 5.75 Å². The third kappa shape index (κ3) is 4.25. The molecule has 23 heavy (non-hydrogen) atoms. The molecule has 0 saturated carbocycles. The van der Waals surface area contributed by atoms with Crippen LogP contribution >= 0.6 is 34.8 Å². The predicted octanol–water partition coefficient (Wildman–Crippen LogP) is 5.33. The van der Waals surface area contributed by atoms with Crippen molar-refractivity contribution in [1.82, 2.24) is 0 Å². The third-order valence-corrected chi connectivity index (χ3v) is 3.88. The van der Waals surface area contributed by atoms with E-state index < -0.39 is 29.3 Å². The normalized spacial score (nSPS) is 11.9. The van der Waals surface area contributed by atoms with Gasteiger partial charge >= 0.3 is 0 Å². The largest absolute Gasteiger partial charge is 0.479 e. The van der Waals surface area contributed by atoms with Crippen LogP contribution in [0.3, 0.4) is 0 Å². The topological polar surface area (TPSA) is 38.3 Å². The lowest BCUT2D eigenvalue weighted by Crippen LogP contribution is -2.31. The fourth-order valence-corrected chi connectivity index (χ4v) is 2.26. The van der Waals surface area contributed by atoms with E-state index in [-0.39, 0.29) is 20.8 Å². The fourth-order valence-electron chi connectivity index (χ4n) is 1.68. The van der Waals surface area contributed by atoms with E-state index in [2.05, 4.69) is 5.32 Å². The molecule has 2 aromatic carbocycles. The van der Waals surface area contributed by atoms with Crippen molar-refractivity contribution in [2.24, 2.45) is 0 Å². The number of rotatable bonds is 4. The Hall–Kier alpha value is -1.56. The number of benzene rings is 2. The molecule has 0 saturated heterocycles. The minimum absolute atomic E-state index is 0.123. The minimum Gasteiger partial charge on any atom is -0.479 e.